The van der Waals surface area contributed by atoms with Crippen LogP contribution in [0.25, 0.3) is 0 Å². The highest BCUT2D eigenvalue weighted by Gasteiger charge is 2.39. The maximum absolute atomic E-state index is 6.83. The molecule has 0 aliphatic carbocycles. The molecule has 0 spiro atoms. The van der Waals surface area contributed by atoms with Crippen molar-refractivity contribution >= 4 is 0 Å². The van der Waals surface area contributed by atoms with Gasteiger partial charge in [-0.15, -0.1) is 0 Å². The minimum absolute atomic E-state index is 0.105. The molecule has 0 heterocycles. The van der Waals surface area contributed by atoms with E-state index in [1.807, 2.05) is 0 Å². The van der Waals surface area contributed by atoms with Gasteiger partial charge in [-0.25, -0.2) is 0 Å². The average Bonchev–Trinajstić information content (AvgIpc) is 3.43. The molecule has 0 aliphatic rings. The van der Waals surface area contributed by atoms with Crippen LogP contribution in [0.15, 0.2) is 97.1 Å². The minimum atomic E-state index is -0.319. The fourth-order valence-electron chi connectivity index (χ4n) is 12.8. The van der Waals surface area contributed by atoms with Gasteiger partial charge in [0.15, 0.2) is 0 Å². The van der Waals surface area contributed by atoms with Crippen LogP contribution in [-0.4, -0.2) is 0 Å². The van der Waals surface area contributed by atoms with Gasteiger partial charge in [0, 0.05) is 45.3 Å². The van der Waals surface area contributed by atoms with Crippen molar-refractivity contribution in [2.45, 2.75) is 281 Å². The van der Waals surface area contributed by atoms with Crippen LogP contribution in [-0.2, 0) is 33.2 Å². The van der Waals surface area contributed by atoms with E-state index in [0.717, 1.165) is 89.9 Å². The van der Waals surface area contributed by atoms with Gasteiger partial charge in [-0.05, 0) is 131 Å². The molecule has 0 bridgehead atoms. The molecule has 8 heteroatoms. The summed E-state index contributed by atoms with van der Waals surface area (Å²) in [6.07, 6.45) is 14.8. The highest BCUT2D eigenvalue weighted by atomic mass is 14.8. The first kappa shape index (κ1) is 76.6. The Bertz CT molecular complexity index is 2340. The normalized spacial score (nSPS) is 14.7. The molecule has 0 fully saturated rings. The second kappa shape index (κ2) is 35.3. The molecule has 0 radical (unpaired) electrons. The minimum Gasteiger partial charge on any atom is -0.324 e. The van der Waals surface area contributed by atoms with Crippen molar-refractivity contribution in [2.75, 3.05) is 0 Å². The Morgan fingerprint density at radius 2 is 0.598 bits per heavy atom. The van der Waals surface area contributed by atoms with E-state index in [1.54, 1.807) is 0 Å². The van der Waals surface area contributed by atoms with Crippen molar-refractivity contribution in [1.82, 2.24) is 0 Å². The van der Waals surface area contributed by atoms with E-state index in [2.05, 4.69) is 242 Å². The zero-order chi connectivity index (χ0) is 63.0. The van der Waals surface area contributed by atoms with Gasteiger partial charge in [0.05, 0.1) is 0 Å². The summed E-state index contributed by atoms with van der Waals surface area (Å²) in [5.74, 6) is 2.78. The third-order valence-corrected chi connectivity index (χ3v) is 18.8. The van der Waals surface area contributed by atoms with Gasteiger partial charge < -0.3 is 45.9 Å². The lowest BCUT2D eigenvalue weighted by Crippen LogP contribution is -2.47. The zero-order valence-corrected chi connectivity index (χ0v) is 57.0. The van der Waals surface area contributed by atoms with E-state index in [1.165, 1.54) is 44.5 Å². The summed E-state index contributed by atoms with van der Waals surface area (Å²) in [7, 11) is 0. The standard InChI is InChI=1S/3C20H36N2.C14H24N2/c1-8-12-19(21,14(2)3)17-10-9-11-18(13-17)20(22,15(4)5)16(6)7;1-7-12-19(21,13-8-2)17-10-9-11-18(14-17)20(22,15(3)4)16(5)6;1-6-12-19(21,13-7-2)17-10-9-11-18(15-17)20(22,14-8-3)16(4)5;1-4-6-13(15)11-7-5-8-12(9-11)14(16)10(2)3/h9-11,13-16H,8,12,21-22H2,1-7H3;9-11,14-16H,7-8,12-13,21-22H2,1-6H3;9-11,15-16H,6-8,12-14,21-22H2,1-5H3;5,7-10,13-14H,4,6,15-16H2,1-3H3. The van der Waals surface area contributed by atoms with Crippen LogP contribution in [0.1, 0.15) is 292 Å². The number of rotatable bonds is 29. The topological polar surface area (TPSA) is 208 Å². The summed E-state index contributed by atoms with van der Waals surface area (Å²) in [6.45, 7) is 46.2. The van der Waals surface area contributed by atoms with E-state index >= 15 is 0 Å². The lowest BCUT2D eigenvalue weighted by atomic mass is 9.70. The quantitative estimate of drug-likeness (QED) is 0.0262. The fourth-order valence-corrected chi connectivity index (χ4v) is 12.8. The van der Waals surface area contributed by atoms with Crippen molar-refractivity contribution in [3.05, 3.63) is 142 Å². The Hall–Kier alpha value is -3.44. The van der Waals surface area contributed by atoms with Gasteiger partial charge in [-0.1, -0.05) is 287 Å². The number of benzene rings is 4. The Kier molecular flexibility index (Phi) is 32.9. The van der Waals surface area contributed by atoms with Gasteiger partial charge in [0.25, 0.3) is 0 Å². The third kappa shape index (κ3) is 20.1. The van der Waals surface area contributed by atoms with Gasteiger partial charge in [-0.2, -0.15) is 0 Å². The second-order valence-corrected chi connectivity index (χ2v) is 27.3. The Morgan fingerprint density at radius 3 is 0.890 bits per heavy atom. The predicted octanol–water partition coefficient (Wildman–Crippen LogP) is 17.9. The average molecular weight is 1130 g/mol. The molecule has 0 aliphatic heterocycles. The lowest BCUT2D eigenvalue weighted by Gasteiger charge is -2.40. The molecule has 4 aromatic rings. The molecular formula is C74H132N8. The Labute approximate surface area is 507 Å². The number of nitrogens with two attached hydrogens (primary N) is 8. The summed E-state index contributed by atoms with van der Waals surface area (Å²) >= 11 is 0. The summed E-state index contributed by atoms with van der Waals surface area (Å²) < 4.78 is 0. The SMILES string of the molecule is CCCC(N)(CCC)c1cccc(C(N)(C(C)C)C(C)C)c1.CCCC(N)(CCC)c1cccc(C(N)(CCC)C(C)C)c1.CCCC(N)(c1cccc(C(N)(C(C)C)C(C)C)c1)C(C)C.CCCC(N)c1cccc(C(N)C(C)C)c1. The largest absolute Gasteiger partial charge is 0.324 e. The molecule has 4 rings (SSSR count). The Balaban J connectivity index is 0.000000550. The summed E-state index contributed by atoms with van der Waals surface area (Å²) in [5, 5.41) is 0. The van der Waals surface area contributed by atoms with E-state index in [-0.39, 0.29) is 45.3 Å². The highest BCUT2D eigenvalue weighted by molar-refractivity contribution is 5.37. The van der Waals surface area contributed by atoms with Gasteiger partial charge in [0.1, 0.15) is 0 Å². The summed E-state index contributed by atoms with van der Waals surface area (Å²) in [6, 6.07) is 34.9. The molecule has 4 unspecified atom stereocenters. The molecule has 82 heavy (non-hydrogen) atoms. The molecule has 468 valence electrons. The maximum Gasteiger partial charge on any atom is 0.0456 e. The van der Waals surface area contributed by atoms with Gasteiger partial charge >= 0.3 is 0 Å². The molecule has 0 aromatic heterocycles. The van der Waals surface area contributed by atoms with Crippen molar-refractivity contribution in [1.29, 1.82) is 0 Å². The van der Waals surface area contributed by atoms with Crippen LogP contribution >= 0.6 is 0 Å². The molecule has 8 nitrogen and oxygen atoms in total. The first-order chi connectivity index (χ1) is 38.2. The van der Waals surface area contributed by atoms with Crippen molar-refractivity contribution in [3.8, 4) is 0 Å². The van der Waals surface area contributed by atoms with Crippen LogP contribution in [0.5, 0.6) is 0 Å². The first-order valence-corrected chi connectivity index (χ1v) is 32.9. The van der Waals surface area contributed by atoms with E-state index in [0.29, 0.717) is 41.4 Å². The van der Waals surface area contributed by atoms with Crippen LogP contribution in [0.4, 0.5) is 0 Å². The Morgan fingerprint density at radius 1 is 0.317 bits per heavy atom. The van der Waals surface area contributed by atoms with E-state index in [4.69, 9.17) is 45.9 Å². The van der Waals surface area contributed by atoms with E-state index < -0.39 is 0 Å². The number of hydrogen-bond donors (Lipinski definition) is 8. The van der Waals surface area contributed by atoms with Crippen molar-refractivity contribution < 1.29 is 0 Å². The van der Waals surface area contributed by atoms with Gasteiger partial charge in [-0.3, -0.25) is 0 Å². The predicted molar refractivity (Wildman–Crippen MR) is 363 cm³/mol. The molecule has 4 atom stereocenters. The van der Waals surface area contributed by atoms with Crippen LogP contribution in [0, 0.1) is 41.4 Å². The molecule has 16 N–H and O–H groups in total. The summed E-state index contributed by atoms with van der Waals surface area (Å²) in [4.78, 5) is 0. The van der Waals surface area contributed by atoms with Crippen LogP contribution < -0.4 is 45.9 Å². The highest BCUT2D eigenvalue weighted by Crippen LogP contribution is 2.41. The molecule has 4 aromatic carbocycles. The monoisotopic (exact) mass is 1130 g/mol. The zero-order valence-electron chi connectivity index (χ0n) is 57.0. The molecule has 0 saturated carbocycles. The number of hydrogen-bond acceptors (Lipinski definition) is 8. The second-order valence-electron chi connectivity index (χ2n) is 27.3. The molecular weight excluding hydrogens is 1000 g/mol. The summed E-state index contributed by atoms with van der Waals surface area (Å²) in [5.41, 5.74) is 61.2. The maximum atomic E-state index is 6.83. The van der Waals surface area contributed by atoms with Crippen molar-refractivity contribution in [2.24, 2.45) is 87.3 Å². The molecule has 0 amide bonds. The third-order valence-electron chi connectivity index (χ3n) is 18.8. The molecule has 0 saturated heterocycles. The van der Waals surface area contributed by atoms with Gasteiger partial charge in [0.2, 0.25) is 0 Å². The van der Waals surface area contributed by atoms with Crippen molar-refractivity contribution in [3.63, 3.8) is 0 Å². The smallest absolute Gasteiger partial charge is 0.0456 e. The fraction of sp³-hybridized carbons (Fsp3) is 0.676. The van der Waals surface area contributed by atoms with E-state index in [9.17, 15) is 0 Å². The van der Waals surface area contributed by atoms with Crippen LogP contribution in [0.3, 0.4) is 0 Å². The lowest BCUT2D eigenvalue weighted by molar-refractivity contribution is 0.225. The first-order valence-electron chi connectivity index (χ1n) is 32.9. The van der Waals surface area contributed by atoms with Crippen LogP contribution in [0.2, 0.25) is 0 Å².